The second-order valence-electron chi connectivity index (χ2n) is 9.62. The number of carbonyl (C=O) groups is 2. The second kappa shape index (κ2) is 11.2. The first-order valence-electron chi connectivity index (χ1n) is 11.9. The van der Waals surface area contributed by atoms with Gasteiger partial charge in [0.05, 0.1) is 0 Å². The number of esters is 1. The maximum atomic E-state index is 12.5. The molecule has 5 heteroatoms. The van der Waals surface area contributed by atoms with E-state index in [0.29, 0.717) is 25.9 Å². The van der Waals surface area contributed by atoms with E-state index in [-0.39, 0.29) is 18.5 Å². The van der Waals surface area contributed by atoms with Crippen LogP contribution in [0.5, 0.6) is 0 Å². The maximum absolute atomic E-state index is 12.5. The van der Waals surface area contributed by atoms with Gasteiger partial charge >= 0.3 is 12.1 Å². The number of nitrogens with zero attached hydrogens (tertiary/aromatic N) is 1. The van der Waals surface area contributed by atoms with Crippen molar-refractivity contribution >= 4 is 33.6 Å². The summed E-state index contributed by atoms with van der Waals surface area (Å²) in [6.45, 7) is 11.9. The summed E-state index contributed by atoms with van der Waals surface area (Å²) >= 11 is 0. The molecular weight excluding hydrogens is 426 g/mol. The molecule has 1 atom stereocenters. The van der Waals surface area contributed by atoms with E-state index in [1.54, 1.807) is 11.0 Å². The van der Waals surface area contributed by atoms with E-state index in [1.807, 2.05) is 52.0 Å². The number of carbonyl (C=O) groups excluding carboxylic acids is 2. The first-order chi connectivity index (χ1) is 16.2. The average molecular weight is 462 g/mol. The maximum Gasteiger partial charge on any atom is 0.410 e. The third-order valence-electron chi connectivity index (χ3n) is 5.52. The van der Waals surface area contributed by atoms with Gasteiger partial charge in [-0.2, -0.15) is 0 Å². The molecule has 0 spiro atoms. The SMILES string of the molecule is C=CCN(CCCC(=O)OC(C)Cc1c2ccccc2cc2ccccc12)C(=O)OC(C)(C)C. The summed E-state index contributed by atoms with van der Waals surface area (Å²) in [7, 11) is 0. The van der Waals surface area contributed by atoms with Gasteiger partial charge in [0.1, 0.15) is 11.7 Å². The fraction of sp³-hybridized carbons (Fsp3) is 0.379. The number of amides is 1. The van der Waals surface area contributed by atoms with E-state index >= 15 is 0 Å². The van der Waals surface area contributed by atoms with E-state index in [0.717, 1.165) is 0 Å². The molecule has 0 aliphatic heterocycles. The van der Waals surface area contributed by atoms with Gasteiger partial charge in [-0.3, -0.25) is 4.79 Å². The van der Waals surface area contributed by atoms with Gasteiger partial charge in [-0.05, 0) is 67.3 Å². The van der Waals surface area contributed by atoms with Gasteiger partial charge in [0.15, 0.2) is 0 Å². The van der Waals surface area contributed by atoms with E-state index in [2.05, 4.69) is 36.9 Å². The van der Waals surface area contributed by atoms with Crippen LogP contribution < -0.4 is 0 Å². The Balaban J connectivity index is 1.60. The molecule has 0 N–H and O–H groups in total. The number of benzene rings is 3. The van der Waals surface area contributed by atoms with Crippen LogP contribution in [0, 0.1) is 0 Å². The van der Waals surface area contributed by atoms with E-state index in [4.69, 9.17) is 9.47 Å². The van der Waals surface area contributed by atoms with Crippen molar-refractivity contribution in [3.05, 3.63) is 72.8 Å². The molecule has 3 rings (SSSR count). The van der Waals surface area contributed by atoms with Gasteiger partial charge in [-0.15, -0.1) is 6.58 Å². The molecule has 0 aliphatic carbocycles. The van der Waals surface area contributed by atoms with Crippen LogP contribution in [0.25, 0.3) is 21.5 Å². The second-order valence-corrected chi connectivity index (χ2v) is 9.62. The smallest absolute Gasteiger partial charge is 0.410 e. The summed E-state index contributed by atoms with van der Waals surface area (Å²) in [5.74, 6) is -0.264. The zero-order valence-corrected chi connectivity index (χ0v) is 20.7. The topological polar surface area (TPSA) is 55.8 Å². The molecule has 3 aromatic carbocycles. The molecule has 0 radical (unpaired) electrons. The normalized spacial score (nSPS) is 12.4. The van der Waals surface area contributed by atoms with Crippen LogP contribution in [-0.4, -0.2) is 41.8 Å². The molecule has 5 nitrogen and oxygen atoms in total. The largest absolute Gasteiger partial charge is 0.462 e. The third-order valence-corrected chi connectivity index (χ3v) is 5.52. The molecule has 1 unspecified atom stereocenters. The molecule has 180 valence electrons. The Morgan fingerprint density at radius 2 is 1.62 bits per heavy atom. The van der Waals surface area contributed by atoms with Gasteiger partial charge < -0.3 is 14.4 Å². The zero-order valence-electron chi connectivity index (χ0n) is 20.7. The van der Waals surface area contributed by atoms with Crippen molar-refractivity contribution in [2.24, 2.45) is 0 Å². The van der Waals surface area contributed by atoms with Crippen LogP contribution in [-0.2, 0) is 20.7 Å². The fourth-order valence-corrected chi connectivity index (χ4v) is 4.09. The molecule has 0 saturated carbocycles. The summed E-state index contributed by atoms with van der Waals surface area (Å²) in [6.07, 6.45) is 2.34. The molecule has 3 aromatic rings. The zero-order chi connectivity index (χ0) is 24.7. The standard InChI is InChI=1S/C29H35NO4/c1-6-17-30(28(32)34-29(3,4)5)18-11-16-27(31)33-21(2)19-26-24-14-9-7-12-22(24)20-23-13-8-10-15-25(23)26/h6-10,12-15,20-21H,1,11,16-19H2,2-5H3. The van der Waals surface area contributed by atoms with Gasteiger partial charge in [0.25, 0.3) is 0 Å². The van der Waals surface area contributed by atoms with Crippen LogP contribution >= 0.6 is 0 Å². The van der Waals surface area contributed by atoms with Crippen molar-refractivity contribution in [2.45, 2.75) is 58.7 Å². The van der Waals surface area contributed by atoms with Crippen LogP contribution in [0.4, 0.5) is 4.79 Å². The van der Waals surface area contributed by atoms with Crippen LogP contribution in [0.3, 0.4) is 0 Å². The van der Waals surface area contributed by atoms with Gasteiger partial charge in [-0.1, -0.05) is 54.6 Å². The molecule has 1 amide bonds. The van der Waals surface area contributed by atoms with Crippen molar-refractivity contribution < 1.29 is 19.1 Å². The molecule has 0 aliphatic rings. The van der Waals surface area contributed by atoms with Crippen molar-refractivity contribution in [3.63, 3.8) is 0 Å². The summed E-state index contributed by atoms with van der Waals surface area (Å²) in [5, 5.41) is 4.72. The quantitative estimate of drug-likeness (QED) is 0.203. The van der Waals surface area contributed by atoms with Gasteiger partial charge in [-0.25, -0.2) is 4.79 Å². The Labute approximate surface area is 202 Å². The van der Waals surface area contributed by atoms with Crippen molar-refractivity contribution in [3.8, 4) is 0 Å². The van der Waals surface area contributed by atoms with Gasteiger partial charge in [0, 0.05) is 25.9 Å². The van der Waals surface area contributed by atoms with E-state index < -0.39 is 11.7 Å². The number of fused-ring (bicyclic) bond motifs is 2. The minimum Gasteiger partial charge on any atom is -0.462 e. The third kappa shape index (κ3) is 6.83. The lowest BCUT2D eigenvalue weighted by Gasteiger charge is -2.26. The number of hydrogen-bond donors (Lipinski definition) is 0. The molecule has 0 heterocycles. The van der Waals surface area contributed by atoms with Crippen LogP contribution in [0.15, 0.2) is 67.3 Å². The van der Waals surface area contributed by atoms with Crippen molar-refractivity contribution in [1.29, 1.82) is 0 Å². The molecule has 0 bridgehead atoms. The lowest BCUT2D eigenvalue weighted by atomic mass is 9.93. The first kappa shape index (κ1) is 25.3. The van der Waals surface area contributed by atoms with Crippen LogP contribution in [0.2, 0.25) is 0 Å². The van der Waals surface area contributed by atoms with Crippen molar-refractivity contribution in [2.75, 3.05) is 13.1 Å². The highest BCUT2D eigenvalue weighted by Gasteiger charge is 2.22. The predicted molar refractivity (Wildman–Crippen MR) is 138 cm³/mol. The average Bonchev–Trinajstić information content (AvgIpc) is 2.77. The first-order valence-corrected chi connectivity index (χ1v) is 11.9. The number of hydrogen-bond acceptors (Lipinski definition) is 4. The Morgan fingerprint density at radius 1 is 1.03 bits per heavy atom. The lowest BCUT2D eigenvalue weighted by molar-refractivity contribution is -0.148. The Morgan fingerprint density at radius 3 is 2.18 bits per heavy atom. The molecule has 0 aromatic heterocycles. The van der Waals surface area contributed by atoms with Crippen molar-refractivity contribution in [1.82, 2.24) is 4.90 Å². The summed E-state index contributed by atoms with van der Waals surface area (Å²) < 4.78 is 11.2. The van der Waals surface area contributed by atoms with E-state index in [1.165, 1.54) is 27.1 Å². The van der Waals surface area contributed by atoms with Crippen LogP contribution in [0.1, 0.15) is 46.1 Å². The molecule has 34 heavy (non-hydrogen) atoms. The fourth-order valence-electron chi connectivity index (χ4n) is 4.09. The summed E-state index contributed by atoms with van der Waals surface area (Å²) in [5.41, 5.74) is 0.618. The Kier molecular flexibility index (Phi) is 8.32. The number of rotatable bonds is 9. The predicted octanol–water partition coefficient (Wildman–Crippen LogP) is 6.67. The number of ether oxygens (including phenoxy) is 2. The van der Waals surface area contributed by atoms with E-state index in [9.17, 15) is 9.59 Å². The highest BCUT2D eigenvalue weighted by molar-refractivity contribution is 6.02. The molecule has 0 saturated heterocycles. The Bertz CT molecular complexity index is 1110. The highest BCUT2D eigenvalue weighted by Crippen LogP contribution is 2.29. The monoisotopic (exact) mass is 461 g/mol. The minimum atomic E-state index is -0.573. The lowest BCUT2D eigenvalue weighted by Crippen LogP contribution is -2.37. The highest BCUT2D eigenvalue weighted by atomic mass is 16.6. The molecule has 0 fully saturated rings. The van der Waals surface area contributed by atoms with Gasteiger partial charge in [0.2, 0.25) is 0 Å². The molecular formula is C29H35NO4. The Hall–Kier alpha value is -3.34. The minimum absolute atomic E-state index is 0.233. The summed E-state index contributed by atoms with van der Waals surface area (Å²) in [4.78, 5) is 26.4. The summed E-state index contributed by atoms with van der Waals surface area (Å²) in [6, 6.07) is 18.8.